The minimum atomic E-state index is -0.0409. The van der Waals surface area contributed by atoms with Crippen LogP contribution < -0.4 is 9.47 Å². The topological polar surface area (TPSA) is 42.0 Å². The number of amides is 1. The molecule has 0 bridgehead atoms. The Morgan fingerprint density at radius 1 is 0.923 bits per heavy atom. The molecule has 0 unspecified atom stereocenters. The molecule has 0 spiro atoms. The van der Waals surface area contributed by atoms with Gasteiger partial charge < -0.3 is 14.4 Å². The number of hydrogen-bond acceptors (Lipinski definition) is 5. The summed E-state index contributed by atoms with van der Waals surface area (Å²) in [6.07, 6.45) is 3.60. The predicted octanol–water partition coefficient (Wildman–Crippen LogP) is 8.28. The zero-order chi connectivity index (χ0) is 27.5. The van der Waals surface area contributed by atoms with E-state index in [1.807, 2.05) is 72.6 Å². The fraction of sp³-hybridized carbons (Fsp3) is 0.323. The van der Waals surface area contributed by atoms with Crippen LogP contribution >= 0.6 is 34.7 Å². The van der Waals surface area contributed by atoms with Crippen LogP contribution in [0.4, 0.5) is 0 Å². The van der Waals surface area contributed by atoms with Gasteiger partial charge in [-0.25, -0.2) is 4.42 Å². The molecule has 3 aromatic carbocycles. The van der Waals surface area contributed by atoms with Crippen molar-refractivity contribution >= 4 is 50.7 Å². The van der Waals surface area contributed by atoms with Crippen molar-refractivity contribution in [3.63, 3.8) is 0 Å². The predicted molar refractivity (Wildman–Crippen MR) is 161 cm³/mol. The van der Waals surface area contributed by atoms with Gasteiger partial charge in [0.05, 0.1) is 19.2 Å². The van der Waals surface area contributed by atoms with Crippen LogP contribution in [-0.2, 0) is 6.54 Å². The first-order valence-corrected chi connectivity index (χ1v) is 14.6. The second kappa shape index (κ2) is 12.2. The Morgan fingerprint density at radius 3 is 2.23 bits per heavy atom. The third-order valence-corrected chi connectivity index (χ3v) is 9.58. The summed E-state index contributed by atoms with van der Waals surface area (Å²) >= 11 is 14.5. The first-order valence-electron chi connectivity index (χ1n) is 13.1. The van der Waals surface area contributed by atoms with Crippen molar-refractivity contribution in [2.24, 2.45) is 0 Å². The zero-order valence-corrected chi connectivity index (χ0v) is 24.7. The van der Waals surface area contributed by atoms with E-state index in [2.05, 4.69) is 6.07 Å². The molecule has 1 amide bonds. The van der Waals surface area contributed by atoms with Crippen LogP contribution in [0.2, 0.25) is 5.02 Å². The molecule has 0 N–H and O–H groups in total. The Bertz CT molecular complexity index is 1450. The van der Waals surface area contributed by atoms with Gasteiger partial charge in [-0.15, -0.1) is 11.3 Å². The Hall–Kier alpha value is -2.77. The highest BCUT2D eigenvalue weighted by Crippen LogP contribution is 2.39. The number of benzene rings is 3. The van der Waals surface area contributed by atoms with Gasteiger partial charge in [0.25, 0.3) is 5.91 Å². The lowest BCUT2D eigenvalue weighted by atomic mass is 9.89. The lowest BCUT2D eigenvalue weighted by Gasteiger charge is -2.38. The lowest BCUT2D eigenvalue weighted by Crippen LogP contribution is -2.44. The highest BCUT2D eigenvalue weighted by molar-refractivity contribution is 7.21. The highest BCUT2D eigenvalue weighted by atomic mass is 35.5. The molecule has 1 aromatic heterocycles. The fourth-order valence-corrected chi connectivity index (χ4v) is 7.09. The quantitative estimate of drug-likeness (QED) is 0.196. The molecule has 0 radical (unpaired) electrons. The average Bonchev–Trinajstić information content (AvgIpc) is 3.32. The molecule has 0 aliphatic heterocycles. The van der Waals surface area contributed by atoms with Gasteiger partial charge in [0, 0.05) is 41.3 Å². The Morgan fingerprint density at radius 2 is 1.59 bits per heavy atom. The van der Waals surface area contributed by atoms with E-state index >= 15 is 0 Å². The molecule has 1 aliphatic rings. The van der Waals surface area contributed by atoms with E-state index in [-0.39, 0.29) is 11.9 Å². The maximum absolute atomic E-state index is 14.2. The molecular weight excluding hydrogens is 551 g/mol. The van der Waals surface area contributed by atoms with Crippen molar-refractivity contribution in [3.8, 4) is 22.6 Å². The summed E-state index contributed by atoms with van der Waals surface area (Å²) in [6, 6.07) is 22.4. The highest BCUT2D eigenvalue weighted by Gasteiger charge is 2.33. The first kappa shape index (κ1) is 27.8. The molecule has 1 saturated carbocycles. The van der Waals surface area contributed by atoms with Crippen molar-refractivity contribution in [1.29, 1.82) is 0 Å². The average molecular weight is 584 g/mol. The number of halogens is 2. The number of hydrogen-bond donors (Lipinski definition) is 0. The molecule has 1 heterocycles. The molecule has 0 saturated heterocycles. The van der Waals surface area contributed by atoms with Gasteiger partial charge in [-0.05, 0) is 78.9 Å². The standard InChI is InChI=1S/C31H32Cl2N2O3S/c1-34(33)23-11-13-24(14-12-23)35(31(36)30-29(32)26-6-4-5-7-28(26)39-30)19-22-18-21(10-17-27(22)38-3)20-8-15-25(37-2)16-9-20/h4-10,15-18,23-24H,11-14,19H2,1-3H3. The normalized spacial score (nSPS) is 17.4. The van der Waals surface area contributed by atoms with Gasteiger partial charge in [0.1, 0.15) is 16.4 Å². The third kappa shape index (κ3) is 5.90. The molecule has 5 nitrogen and oxygen atoms in total. The number of nitrogens with zero attached hydrogens (tertiary/aromatic N) is 2. The molecule has 0 atom stereocenters. The minimum Gasteiger partial charge on any atom is -0.497 e. The number of fused-ring (bicyclic) bond motifs is 1. The summed E-state index contributed by atoms with van der Waals surface area (Å²) in [5.41, 5.74) is 3.07. The van der Waals surface area contributed by atoms with Crippen molar-refractivity contribution in [2.45, 2.75) is 44.3 Å². The number of carbonyl (C=O) groups excluding carboxylic acids is 1. The van der Waals surface area contributed by atoms with Crippen LogP contribution in [0.3, 0.4) is 0 Å². The molecule has 8 heteroatoms. The van der Waals surface area contributed by atoms with Crippen molar-refractivity contribution < 1.29 is 14.3 Å². The van der Waals surface area contributed by atoms with Gasteiger partial charge in [-0.3, -0.25) is 4.79 Å². The van der Waals surface area contributed by atoms with E-state index in [0.29, 0.717) is 22.5 Å². The lowest BCUT2D eigenvalue weighted by molar-refractivity contribution is 0.0589. The van der Waals surface area contributed by atoms with Crippen LogP contribution in [0.15, 0.2) is 66.7 Å². The molecule has 5 rings (SSSR count). The van der Waals surface area contributed by atoms with E-state index < -0.39 is 0 Å². The van der Waals surface area contributed by atoms with E-state index in [4.69, 9.17) is 32.9 Å². The van der Waals surface area contributed by atoms with Gasteiger partial charge >= 0.3 is 0 Å². The van der Waals surface area contributed by atoms with Gasteiger partial charge in [-0.2, -0.15) is 0 Å². The molecule has 204 valence electrons. The number of thiophene rings is 1. The van der Waals surface area contributed by atoms with E-state index in [1.165, 1.54) is 11.3 Å². The van der Waals surface area contributed by atoms with Gasteiger partial charge in [0.15, 0.2) is 0 Å². The van der Waals surface area contributed by atoms with Crippen molar-refractivity contribution in [3.05, 3.63) is 82.2 Å². The summed E-state index contributed by atoms with van der Waals surface area (Å²) in [5.74, 6) is 1.52. The van der Waals surface area contributed by atoms with E-state index in [1.54, 1.807) is 18.6 Å². The van der Waals surface area contributed by atoms with Crippen LogP contribution in [-0.4, -0.2) is 48.6 Å². The smallest absolute Gasteiger partial charge is 0.266 e. The van der Waals surface area contributed by atoms with E-state index in [0.717, 1.165) is 64.0 Å². The monoisotopic (exact) mass is 582 g/mol. The van der Waals surface area contributed by atoms with Crippen molar-refractivity contribution in [1.82, 2.24) is 9.32 Å². The summed E-state index contributed by atoms with van der Waals surface area (Å²) in [5, 5.41) is 1.44. The number of rotatable bonds is 8. The maximum atomic E-state index is 14.2. The number of methoxy groups -OCH3 is 2. The number of ether oxygens (including phenoxy) is 2. The molecular formula is C31H32Cl2N2O3S. The fourth-order valence-electron chi connectivity index (χ4n) is 5.42. The molecule has 4 aromatic rings. The van der Waals surface area contributed by atoms with Gasteiger partial charge in [-0.1, -0.05) is 48.0 Å². The molecule has 1 fully saturated rings. The maximum Gasteiger partial charge on any atom is 0.266 e. The Labute approximate surface area is 244 Å². The van der Waals surface area contributed by atoms with Gasteiger partial charge in [0.2, 0.25) is 0 Å². The second-order valence-corrected chi connectivity index (χ2v) is 11.9. The summed E-state index contributed by atoms with van der Waals surface area (Å²) < 4.78 is 13.9. The summed E-state index contributed by atoms with van der Waals surface area (Å²) in [6.45, 7) is 0.419. The van der Waals surface area contributed by atoms with E-state index in [9.17, 15) is 4.79 Å². The first-order chi connectivity index (χ1) is 18.9. The Kier molecular flexibility index (Phi) is 8.67. The van der Waals surface area contributed by atoms with Crippen LogP contribution in [0.25, 0.3) is 21.2 Å². The second-order valence-electron chi connectivity index (χ2n) is 9.92. The SMILES string of the molecule is COc1ccc(-c2ccc(OC)c(CN(C(=O)c3sc4ccccc4c3Cl)C3CCC(N(C)Cl)CC3)c2)cc1. The van der Waals surface area contributed by atoms with Crippen LogP contribution in [0.5, 0.6) is 11.5 Å². The van der Waals surface area contributed by atoms with Crippen LogP contribution in [0, 0.1) is 0 Å². The largest absolute Gasteiger partial charge is 0.497 e. The zero-order valence-electron chi connectivity index (χ0n) is 22.3. The Balaban J connectivity index is 1.51. The third-order valence-electron chi connectivity index (χ3n) is 7.64. The minimum absolute atomic E-state index is 0.0409. The number of carbonyl (C=O) groups is 1. The molecule has 1 aliphatic carbocycles. The summed E-state index contributed by atoms with van der Waals surface area (Å²) in [7, 11) is 5.23. The summed E-state index contributed by atoms with van der Waals surface area (Å²) in [4.78, 5) is 16.8. The van der Waals surface area contributed by atoms with Crippen molar-refractivity contribution in [2.75, 3.05) is 21.3 Å². The molecule has 39 heavy (non-hydrogen) atoms. The van der Waals surface area contributed by atoms with Crippen LogP contribution in [0.1, 0.15) is 40.9 Å².